The minimum atomic E-state index is -0.0201. The molecule has 2 heteroatoms. The average molecular weight is 201 g/mol. The van der Waals surface area contributed by atoms with Gasteiger partial charge in [0.15, 0.2) is 0 Å². The topological polar surface area (TPSA) is 21.3 Å². The van der Waals surface area contributed by atoms with Crippen LogP contribution in [-0.2, 0) is 4.74 Å². The normalized spacial score (nSPS) is 14.4. The SMILES string of the molecule is CCCNCC(CCC)OC(C)(C)C. The zero-order valence-electron chi connectivity index (χ0n) is 10.5. The molecule has 0 fully saturated rings. The summed E-state index contributed by atoms with van der Waals surface area (Å²) in [7, 11) is 0. The van der Waals surface area contributed by atoms with Gasteiger partial charge in [-0.25, -0.2) is 0 Å². The highest BCUT2D eigenvalue weighted by Crippen LogP contribution is 2.13. The van der Waals surface area contributed by atoms with Crippen LogP contribution < -0.4 is 5.32 Å². The summed E-state index contributed by atoms with van der Waals surface area (Å²) in [5, 5.41) is 3.42. The molecule has 14 heavy (non-hydrogen) atoms. The maximum atomic E-state index is 5.96. The Hall–Kier alpha value is -0.0800. The maximum absolute atomic E-state index is 5.96. The van der Waals surface area contributed by atoms with Crippen LogP contribution >= 0.6 is 0 Å². The number of rotatable bonds is 7. The quantitative estimate of drug-likeness (QED) is 0.639. The number of nitrogens with one attached hydrogen (secondary N) is 1. The molecule has 0 saturated carbocycles. The van der Waals surface area contributed by atoms with E-state index in [2.05, 4.69) is 39.9 Å². The molecule has 0 heterocycles. The van der Waals surface area contributed by atoms with Gasteiger partial charge in [0.2, 0.25) is 0 Å². The van der Waals surface area contributed by atoms with Crippen molar-refractivity contribution in [1.29, 1.82) is 0 Å². The summed E-state index contributed by atoms with van der Waals surface area (Å²) in [6.45, 7) is 12.8. The smallest absolute Gasteiger partial charge is 0.0706 e. The van der Waals surface area contributed by atoms with Gasteiger partial charge in [-0.1, -0.05) is 20.3 Å². The second-order valence-corrected chi connectivity index (χ2v) is 4.85. The van der Waals surface area contributed by atoms with Crippen molar-refractivity contribution in [2.75, 3.05) is 13.1 Å². The Balaban J connectivity index is 3.77. The molecule has 0 aromatic rings. The molecule has 0 aromatic carbocycles. The number of ether oxygens (including phenoxy) is 1. The largest absolute Gasteiger partial charge is 0.371 e. The average Bonchev–Trinajstić information content (AvgIpc) is 2.02. The Labute approximate surface area is 89.4 Å². The van der Waals surface area contributed by atoms with Crippen LogP contribution in [0.5, 0.6) is 0 Å². The molecule has 2 nitrogen and oxygen atoms in total. The third-order valence-corrected chi connectivity index (χ3v) is 1.93. The summed E-state index contributed by atoms with van der Waals surface area (Å²) < 4.78 is 5.96. The molecular weight excluding hydrogens is 174 g/mol. The van der Waals surface area contributed by atoms with E-state index in [9.17, 15) is 0 Å². The summed E-state index contributed by atoms with van der Waals surface area (Å²) in [6, 6.07) is 0. The van der Waals surface area contributed by atoms with E-state index >= 15 is 0 Å². The Morgan fingerprint density at radius 2 is 1.79 bits per heavy atom. The van der Waals surface area contributed by atoms with E-state index in [0.29, 0.717) is 6.10 Å². The van der Waals surface area contributed by atoms with Crippen LogP contribution in [0.25, 0.3) is 0 Å². The second kappa shape index (κ2) is 7.24. The standard InChI is InChI=1S/C12H27NO/c1-6-8-11(10-13-9-7-2)14-12(3,4)5/h11,13H,6-10H2,1-5H3. The molecule has 1 unspecified atom stereocenters. The van der Waals surface area contributed by atoms with Crippen molar-refractivity contribution >= 4 is 0 Å². The summed E-state index contributed by atoms with van der Waals surface area (Å²) in [4.78, 5) is 0. The first kappa shape index (κ1) is 13.9. The second-order valence-electron chi connectivity index (χ2n) is 4.85. The third kappa shape index (κ3) is 8.52. The van der Waals surface area contributed by atoms with Gasteiger partial charge in [-0.2, -0.15) is 0 Å². The minimum Gasteiger partial charge on any atom is -0.371 e. The molecule has 0 aromatic heterocycles. The molecule has 0 bridgehead atoms. The fraction of sp³-hybridized carbons (Fsp3) is 1.00. The summed E-state index contributed by atoms with van der Waals surface area (Å²) >= 11 is 0. The zero-order valence-corrected chi connectivity index (χ0v) is 10.5. The predicted octanol–water partition coefficient (Wildman–Crippen LogP) is 2.97. The van der Waals surface area contributed by atoms with Crippen molar-refractivity contribution in [2.24, 2.45) is 0 Å². The fourth-order valence-electron chi connectivity index (χ4n) is 1.46. The van der Waals surface area contributed by atoms with Crippen LogP contribution in [0.15, 0.2) is 0 Å². The summed E-state index contributed by atoms with van der Waals surface area (Å²) in [5.74, 6) is 0. The predicted molar refractivity (Wildman–Crippen MR) is 62.7 cm³/mol. The van der Waals surface area contributed by atoms with Crippen LogP contribution in [0.2, 0.25) is 0 Å². The fourth-order valence-corrected chi connectivity index (χ4v) is 1.46. The van der Waals surface area contributed by atoms with E-state index in [1.165, 1.54) is 12.8 Å². The lowest BCUT2D eigenvalue weighted by Gasteiger charge is -2.27. The number of hydrogen-bond acceptors (Lipinski definition) is 2. The molecule has 1 N–H and O–H groups in total. The van der Waals surface area contributed by atoms with Gasteiger partial charge < -0.3 is 10.1 Å². The van der Waals surface area contributed by atoms with Crippen LogP contribution in [0.1, 0.15) is 53.9 Å². The number of hydrogen-bond donors (Lipinski definition) is 1. The lowest BCUT2D eigenvalue weighted by Crippen LogP contribution is -2.35. The Morgan fingerprint density at radius 1 is 1.14 bits per heavy atom. The molecule has 0 amide bonds. The molecule has 0 aliphatic rings. The van der Waals surface area contributed by atoms with E-state index in [1.54, 1.807) is 0 Å². The van der Waals surface area contributed by atoms with Gasteiger partial charge in [-0.3, -0.25) is 0 Å². The highest BCUT2D eigenvalue weighted by atomic mass is 16.5. The van der Waals surface area contributed by atoms with Gasteiger partial charge >= 0.3 is 0 Å². The van der Waals surface area contributed by atoms with E-state index in [-0.39, 0.29) is 5.60 Å². The van der Waals surface area contributed by atoms with E-state index in [0.717, 1.165) is 19.5 Å². The van der Waals surface area contributed by atoms with Gasteiger partial charge in [0, 0.05) is 6.54 Å². The van der Waals surface area contributed by atoms with Crippen molar-refractivity contribution < 1.29 is 4.74 Å². The molecule has 0 rings (SSSR count). The first-order valence-corrected chi connectivity index (χ1v) is 5.88. The van der Waals surface area contributed by atoms with Crippen molar-refractivity contribution in [3.05, 3.63) is 0 Å². The first-order valence-electron chi connectivity index (χ1n) is 5.88. The van der Waals surface area contributed by atoms with Crippen LogP contribution in [0.4, 0.5) is 0 Å². The van der Waals surface area contributed by atoms with E-state index < -0.39 is 0 Å². The van der Waals surface area contributed by atoms with Gasteiger partial charge in [0.25, 0.3) is 0 Å². The van der Waals surface area contributed by atoms with Crippen molar-refractivity contribution in [2.45, 2.75) is 65.6 Å². The lowest BCUT2D eigenvalue weighted by molar-refractivity contribution is -0.0617. The molecule has 86 valence electrons. The van der Waals surface area contributed by atoms with Gasteiger partial charge in [-0.05, 0) is 40.2 Å². The van der Waals surface area contributed by atoms with E-state index in [1.807, 2.05) is 0 Å². The molecule has 0 radical (unpaired) electrons. The Bertz CT molecular complexity index is 129. The maximum Gasteiger partial charge on any atom is 0.0706 e. The molecule has 0 aliphatic heterocycles. The highest BCUT2D eigenvalue weighted by Gasteiger charge is 2.17. The van der Waals surface area contributed by atoms with Crippen LogP contribution in [0, 0.1) is 0 Å². The minimum absolute atomic E-state index is 0.0201. The molecule has 0 saturated heterocycles. The molecule has 1 atom stereocenters. The van der Waals surface area contributed by atoms with Crippen LogP contribution in [-0.4, -0.2) is 24.8 Å². The third-order valence-electron chi connectivity index (χ3n) is 1.93. The van der Waals surface area contributed by atoms with Crippen molar-refractivity contribution in [3.8, 4) is 0 Å². The highest BCUT2D eigenvalue weighted by molar-refractivity contribution is 4.68. The van der Waals surface area contributed by atoms with Crippen molar-refractivity contribution in [1.82, 2.24) is 5.32 Å². The molecule has 0 aliphatic carbocycles. The summed E-state index contributed by atoms with van der Waals surface area (Å²) in [5.41, 5.74) is -0.0201. The van der Waals surface area contributed by atoms with Crippen LogP contribution in [0.3, 0.4) is 0 Å². The first-order chi connectivity index (χ1) is 6.49. The Kier molecular flexibility index (Phi) is 7.20. The van der Waals surface area contributed by atoms with Gasteiger partial charge in [0.1, 0.15) is 0 Å². The monoisotopic (exact) mass is 201 g/mol. The molecule has 0 spiro atoms. The van der Waals surface area contributed by atoms with Gasteiger partial charge in [0.05, 0.1) is 11.7 Å². The van der Waals surface area contributed by atoms with Crippen molar-refractivity contribution in [3.63, 3.8) is 0 Å². The zero-order chi connectivity index (χ0) is 11.0. The van der Waals surface area contributed by atoms with E-state index in [4.69, 9.17) is 4.74 Å². The molecular formula is C12H27NO. The lowest BCUT2D eigenvalue weighted by atomic mass is 10.1. The van der Waals surface area contributed by atoms with Gasteiger partial charge in [-0.15, -0.1) is 0 Å². The Morgan fingerprint density at radius 3 is 2.21 bits per heavy atom. The summed E-state index contributed by atoms with van der Waals surface area (Å²) in [6.07, 6.45) is 3.89.